The molecule has 0 N–H and O–H groups in total. The van der Waals surface area contributed by atoms with Gasteiger partial charge in [0, 0.05) is 51.6 Å². The number of hydrogen-bond donors (Lipinski definition) is 0. The van der Waals surface area contributed by atoms with Crippen LogP contribution in [0, 0.1) is 11.8 Å². The Morgan fingerprint density at radius 3 is 2.52 bits per heavy atom. The standard InChI is InChI=1S/C23H29N3O3/c1-28-12-9-22(27)26-15-19-14-25(13-17-7-10-24-11-8-17)16-21(19)23(26)18-3-5-20(29-2)6-4-18/h3-8,10-11,19,21,23H,9,12-16H2,1-2H3/t19-,21-,23-/m0/s1. The van der Waals surface area contributed by atoms with Crippen molar-refractivity contribution >= 4 is 5.91 Å². The lowest BCUT2D eigenvalue weighted by Gasteiger charge is -2.30. The lowest BCUT2D eigenvalue weighted by atomic mass is 9.89. The summed E-state index contributed by atoms with van der Waals surface area (Å²) < 4.78 is 10.5. The number of amides is 1. The molecule has 1 aromatic carbocycles. The number of methoxy groups -OCH3 is 2. The minimum absolute atomic E-state index is 0.109. The van der Waals surface area contributed by atoms with Gasteiger partial charge in [0.15, 0.2) is 0 Å². The number of carbonyl (C=O) groups excluding carboxylic acids is 1. The Morgan fingerprint density at radius 2 is 1.83 bits per heavy atom. The summed E-state index contributed by atoms with van der Waals surface area (Å²) in [5, 5.41) is 0. The van der Waals surface area contributed by atoms with Crippen molar-refractivity contribution in [3.63, 3.8) is 0 Å². The summed E-state index contributed by atoms with van der Waals surface area (Å²) in [4.78, 5) is 21.6. The van der Waals surface area contributed by atoms with Crippen molar-refractivity contribution < 1.29 is 14.3 Å². The molecule has 3 atom stereocenters. The molecule has 6 nitrogen and oxygen atoms in total. The van der Waals surface area contributed by atoms with Gasteiger partial charge in [0.2, 0.25) is 5.91 Å². The minimum Gasteiger partial charge on any atom is -0.497 e. The van der Waals surface area contributed by atoms with Gasteiger partial charge in [0.05, 0.1) is 26.2 Å². The van der Waals surface area contributed by atoms with E-state index in [0.29, 0.717) is 24.9 Å². The van der Waals surface area contributed by atoms with Crippen LogP contribution < -0.4 is 4.74 Å². The smallest absolute Gasteiger partial charge is 0.225 e. The number of hydrogen-bond acceptors (Lipinski definition) is 5. The molecule has 2 aliphatic rings. The van der Waals surface area contributed by atoms with E-state index in [9.17, 15) is 4.79 Å². The molecule has 0 bridgehead atoms. The van der Waals surface area contributed by atoms with E-state index < -0.39 is 0 Å². The molecule has 154 valence electrons. The third-order valence-electron chi connectivity index (χ3n) is 6.19. The predicted octanol–water partition coefficient (Wildman–Crippen LogP) is 2.76. The molecule has 1 amide bonds. The average Bonchev–Trinajstić information content (AvgIpc) is 3.30. The second kappa shape index (κ2) is 8.93. The number of carbonyl (C=O) groups is 1. The van der Waals surface area contributed by atoms with Gasteiger partial charge in [0.1, 0.15) is 5.75 Å². The molecule has 0 spiro atoms. The first-order chi connectivity index (χ1) is 14.2. The Hall–Kier alpha value is -2.44. The molecule has 1 aromatic heterocycles. The van der Waals surface area contributed by atoms with Crippen LogP contribution in [0.2, 0.25) is 0 Å². The van der Waals surface area contributed by atoms with Crippen LogP contribution in [0.5, 0.6) is 5.75 Å². The molecule has 2 fully saturated rings. The van der Waals surface area contributed by atoms with E-state index in [1.807, 2.05) is 24.5 Å². The molecule has 2 aromatic rings. The van der Waals surface area contributed by atoms with Gasteiger partial charge in [-0.1, -0.05) is 12.1 Å². The average molecular weight is 396 g/mol. The molecule has 0 radical (unpaired) electrons. The maximum absolute atomic E-state index is 12.9. The van der Waals surface area contributed by atoms with Crippen LogP contribution in [0.1, 0.15) is 23.6 Å². The quantitative estimate of drug-likeness (QED) is 0.722. The fourth-order valence-electron chi connectivity index (χ4n) is 4.83. The fourth-order valence-corrected chi connectivity index (χ4v) is 4.83. The van der Waals surface area contributed by atoms with Gasteiger partial charge >= 0.3 is 0 Å². The minimum atomic E-state index is 0.109. The molecule has 3 heterocycles. The molecule has 2 aliphatic heterocycles. The van der Waals surface area contributed by atoms with Crippen LogP contribution in [0.25, 0.3) is 0 Å². The Morgan fingerprint density at radius 1 is 1.07 bits per heavy atom. The molecule has 6 heteroatoms. The summed E-state index contributed by atoms with van der Waals surface area (Å²) in [5.74, 6) is 1.96. The van der Waals surface area contributed by atoms with Crippen molar-refractivity contribution in [2.45, 2.75) is 19.0 Å². The first-order valence-corrected chi connectivity index (χ1v) is 10.2. The van der Waals surface area contributed by atoms with Gasteiger partial charge in [-0.3, -0.25) is 14.7 Å². The summed E-state index contributed by atoms with van der Waals surface area (Å²) in [5.41, 5.74) is 2.48. The maximum Gasteiger partial charge on any atom is 0.225 e. The summed E-state index contributed by atoms with van der Waals surface area (Å²) in [6.07, 6.45) is 4.13. The van der Waals surface area contributed by atoms with Gasteiger partial charge in [-0.15, -0.1) is 0 Å². The Labute approximate surface area is 172 Å². The van der Waals surface area contributed by atoms with E-state index in [0.717, 1.165) is 31.9 Å². The van der Waals surface area contributed by atoms with Crippen LogP contribution >= 0.6 is 0 Å². The number of ether oxygens (including phenoxy) is 2. The second-order valence-corrected chi connectivity index (χ2v) is 7.98. The molecule has 29 heavy (non-hydrogen) atoms. The lowest BCUT2D eigenvalue weighted by Crippen LogP contribution is -2.36. The maximum atomic E-state index is 12.9. The van der Waals surface area contributed by atoms with Gasteiger partial charge < -0.3 is 14.4 Å². The van der Waals surface area contributed by atoms with Crippen LogP contribution in [-0.2, 0) is 16.1 Å². The molecular formula is C23H29N3O3. The molecule has 0 unspecified atom stereocenters. The van der Waals surface area contributed by atoms with Crippen molar-refractivity contribution in [2.75, 3.05) is 40.5 Å². The number of benzene rings is 1. The van der Waals surface area contributed by atoms with Gasteiger partial charge in [-0.05, 0) is 41.3 Å². The molecule has 4 rings (SSSR count). The lowest BCUT2D eigenvalue weighted by molar-refractivity contribution is -0.133. The number of aromatic nitrogens is 1. The van der Waals surface area contributed by atoms with E-state index >= 15 is 0 Å². The number of pyridine rings is 1. The highest BCUT2D eigenvalue weighted by atomic mass is 16.5. The van der Waals surface area contributed by atoms with Crippen LogP contribution in [0.15, 0.2) is 48.8 Å². The first-order valence-electron chi connectivity index (χ1n) is 10.2. The zero-order valence-electron chi connectivity index (χ0n) is 17.2. The van der Waals surface area contributed by atoms with Crippen molar-refractivity contribution in [1.29, 1.82) is 0 Å². The Kier molecular flexibility index (Phi) is 6.11. The van der Waals surface area contributed by atoms with Gasteiger partial charge in [-0.2, -0.15) is 0 Å². The summed E-state index contributed by atoms with van der Waals surface area (Å²) in [6.45, 7) is 4.23. The van der Waals surface area contributed by atoms with E-state index in [2.05, 4.69) is 39.0 Å². The van der Waals surface area contributed by atoms with Gasteiger partial charge in [0.25, 0.3) is 0 Å². The highest BCUT2D eigenvalue weighted by Crippen LogP contribution is 2.45. The Bertz CT molecular complexity index is 812. The highest BCUT2D eigenvalue weighted by molar-refractivity contribution is 5.77. The van der Waals surface area contributed by atoms with Crippen molar-refractivity contribution in [3.05, 3.63) is 59.9 Å². The molecule has 0 aliphatic carbocycles. The third kappa shape index (κ3) is 4.28. The van der Waals surface area contributed by atoms with Crippen LogP contribution in [0.3, 0.4) is 0 Å². The monoisotopic (exact) mass is 395 g/mol. The number of likely N-dealkylation sites (tertiary alicyclic amines) is 2. The van der Waals surface area contributed by atoms with E-state index in [1.54, 1.807) is 14.2 Å². The molecule has 0 saturated carbocycles. The number of fused-ring (bicyclic) bond motifs is 1. The van der Waals surface area contributed by atoms with Crippen LogP contribution in [-0.4, -0.2) is 61.2 Å². The third-order valence-corrected chi connectivity index (χ3v) is 6.19. The zero-order chi connectivity index (χ0) is 20.2. The first kappa shape index (κ1) is 19.9. The fraction of sp³-hybridized carbons (Fsp3) is 0.478. The van der Waals surface area contributed by atoms with Crippen molar-refractivity contribution in [3.8, 4) is 5.75 Å². The summed E-state index contributed by atoms with van der Waals surface area (Å²) in [7, 11) is 3.32. The largest absolute Gasteiger partial charge is 0.497 e. The van der Waals surface area contributed by atoms with Crippen LogP contribution in [0.4, 0.5) is 0 Å². The topological polar surface area (TPSA) is 54.9 Å². The van der Waals surface area contributed by atoms with E-state index in [-0.39, 0.29) is 11.9 Å². The van der Waals surface area contributed by atoms with E-state index in [1.165, 1.54) is 11.1 Å². The number of nitrogens with zero attached hydrogens (tertiary/aromatic N) is 3. The highest BCUT2D eigenvalue weighted by Gasteiger charge is 2.48. The second-order valence-electron chi connectivity index (χ2n) is 7.98. The summed E-state index contributed by atoms with van der Waals surface area (Å²) >= 11 is 0. The predicted molar refractivity (Wildman–Crippen MR) is 110 cm³/mol. The van der Waals surface area contributed by atoms with Gasteiger partial charge in [-0.25, -0.2) is 0 Å². The Balaban J connectivity index is 1.53. The van der Waals surface area contributed by atoms with Crippen molar-refractivity contribution in [2.24, 2.45) is 11.8 Å². The van der Waals surface area contributed by atoms with Crippen molar-refractivity contribution in [1.82, 2.24) is 14.8 Å². The normalized spacial score (nSPS) is 23.9. The van der Waals surface area contributed by atoms with E-state index in [4.69, 9.17) is 9.47 Å². The zero-order valence-corrected chi connectivity index (χ0v) is 17.2. The molecule has 2 saturated heterocycles. The molecular weight excluding hydrogens is 366 g/mol. The SMILES string of the molecule is COCCC(=O)N1C[C@@H]2CN(Cc3ccncc3)C[C@@H]2[C@@H]1c1ccc(OC)cc1. The number of rotatable bonds is 7. The summed E-state index contributed by atoms with van der Waals surface area (Å²) in [6, 6.07) is 12.5.